The van der Waals surface area contributed by atoms with Crippen LogP contribution in [0.5, 0.6) is 0 Å². The van der Waals surface area contributed by atoms with Crippen LogP contribution in [0.2, 0.25) is 0 Å². The molecule has 0 bridgehead atoms. The molecule has 0 unspecified atom stereocenters. The maximum atomic E-state index is 11.6. The van der Waals surface area contributed by atoms with Gasteiger partial charge in [0.2, 0.25) is 0 Å². The highest BCUT2D eigenvalue weighted by Gasteiger charge is 2.08. The molecule has 0 spiro atoms. The molecule has 2 aromatic rings. The third-order valence-electron chi connectivity index (χ3n) is 2.81. The Bertz CT molecular complexity index is 660. The minimum Gasteiger partial charge on any atom is -0.465 e. The van der Waals surface area contributed by atoms with Crippen molar-refractivity contribution in [3.63, 3.8) is 0 Å². The van der Waals surface area contributed by atoms with E-state index in [0.29, 0.717) is 11.1 Å². The summed E-state index contributed by atoms with van der Waals surface area (Å²) in [6.07, 6.45) is 0. The molecule has 0 aliphatic carbocycles. The van der Waals surface area contributed by atoms with Gasteiger partial charge in [-0.15, -0.1) is 0 Å². The first-order valence-electron chi connectivity index (χ1n) is 5.97. The summed E-state index contributed by atoms with van der Waals surface area (Å²) in [4.78, 5) is 11.6. The van der Waals surface area contributed by atoms with Crippen molar-refractivity contribution in [1.82, 2.24) is 0 Å². The summed E-state index contributed by atoms with van der Waals surface area (Å²) in [5.74, 6) is 5.76. The molecule has 19 heavy (non-hydrogen) atoms. The average Bonchev–Trinajstić information content (AvgIpc) is 2.46. The highest BCUT2D eigenvalue weighted by atomic mass is 16.5. The van der Waals surface area contributed by atoms with Crippen molar-refractivity contribution in [3.8, 4) is 11.8 Å². The van der Waals surface area contributed by atoms with E-state index in [0.717, 1.165) is 11.1 Å². The summed E-state index contributed by atoms with van der Waals surface area (Å²) in [5.41, 5.74) is 3.25. The van der Waals surface area contributed by atoms with E-state index >= 15 is 0 Å². The van der Waals surface area contributed by atoms with Crippen LogP contribution >= 0.6 is 0 Å². The van der Waals surface area contributed by atoms with Crippen LogP contribution in [0.15, 0.2) is 48.5 Å². The Labute approximate surface area is 113 Å². The summed E-state index contributed by atoms with van der Waals surface area (Å²) in [7, 11) is 1.37. The summed E-state index contributed by atoms with van der Waals surface area (Å²) in [6, 6.07) is 15.1. The van der Waals surface area contributed by atoms with Crippen LogP contribution in [0.3, 0.4) is 0 Å². The van der Waals surface area contributed by atoms with Crippen LogP contribution in [-0.2, 0) is 4.74 Å². The highest BCUT2D eigenvalue weighted by molar-refractivity contribution is 5.92. The minimum atomic E-state index is -0.366. The van der Waals surface area contributed by atoms with Gasteiger partial charge in [-0.05, 0) is 30.7 Å². The highest BCUT2D eigenvalue weighted by Crippen LogP contribution is 2.10. The third kappa shape index (κ3) is 3.02. The molecular weight excluding hydrogens is 236 g/mol. The van der Waals surface area contributed by atoms with Crippen molar-refractivity contribution in [3.05, 3.63) is 70.8 Å². The number of hydrogen-bond donors (Lipinski definition) is 0. The van der Waals surface area contributed by atoms with Gasteiger partial charge in [-0.1, -0.05) is 42.2 Å². The predicted molar refractivity (Wildman–Crippen MR) is 74.9 cm³/mol. The van der Waals surface area contributed by atoms with E-state index in [4.69, 9.17) is 4.74 Å². The Morgan fingerprint density at radius 3 is 2.21 bits per heavy atom. The fraction of sp³-hybridized carbons (Fsp3) is 0.118. The van der Waals surface area contributed by atoms with Crippen molar-refractivity contribution in [2.45, 2.75) is 6.92 Å². The van der Waals surface area contributed by atoms with Crippen molar-refractivity contribution in [2.24, 2.45) is 0 Å². The molecule has 2 aromatic carbocycles. The Hall–Kier alpha value is -2.53. The number of esters is 1. The van der Waals surface area contributed by atoms with Gasteiger partial charge in [0.25, 0.3) is 0 Å². The smallest absolute Gasteiger partial charge is 0.339 e. The van der Waals surface area contributed by atoms with Gasteiger partial charge >= 0.3 is 5.97 Å². The number of ether oxygens (including phenoxy) is 1. The lowest BCUT2D eigenvalue weighted by Crippen LogP contribution is -2.03. The molecule has 0 radical (unpaired) electrons. The molecule has 0 aliphatic rings. The molecule has 0 amide bonds. The Balaban J connectivity index is 2.41. The minimum absolute atomic E-state index is 0.366. The van der Waals surface area contributed by atoms with Gasteiger partial charge in [-0.2, -0.15) is 0 Å². The van der Waals surface area contributed by atoms with Gasteiger partial charge in [-0.25, -0.2) is 4.79 Å². The molecule has 0 aliphatic heterocycles. The second-order valence-electron chi connectivity index (χ2n) is 4.10. The van der Waals surface area contributed by atoms with Gasteiger partial charge in [0.1, 0.15) is 0 Å². The first-order valence-corrected chi connectivity index (χ1v) is 5.97. The van der Waals surface area contributed by atoms with E-state index in [9.17, 15) is 4.79 Å². The van der Waals surface area contributed by atoms with Crippen molar-refractivity contribution < 1.29 is 9.53 Å². The van der Waals surface area contributed by atoms with Gasteiger partial charge in [0, 0.05) is 11.1 Å². The van der Waals surface area contributed by atoms with Crippen LogP contribution in [0, 0.1) is 18.8 Å². The Morgan fingerprint density at radius 2 is 1.53 bits per heavy atom. The van der Waals surface area contributed by atoms with Crippen LogP contribution in [-0.4, -0.2) is 13.1 Å². The number of methoxy groups -OCH3 is 1. The lowest BCUT2D eigenvalue weighted by Gasteiger charge is -2.01. The first kappa shape index (κ1) is 12.9. The molecule has 2 rings (SSSR count). The number of benzene rings is 2. The maximum Gasteiger partial charge on any atom is 0.339 e. The van der Waals surface area contributed by atoms with E-state index in [2.05, 4.69) is 11.8 Å². The number of aryl methyl sites for hydroxylation is 1. The predicted octanol–water partition coefficient (Wildman–Crippen LogP) is 3.18. The van der Waals surface area contributed by atoms with Crippen LogP contribution in [0.4, 0.5) is 0 Å². The molecule has 2 heteroatoms. The number of carbonyl (C=O) groups is 1. The Kier molecular flexibility index (Phi) is 4.00. The monoisotopic (exact) mass is 250 g/mol. The van der Waals surface area contributed by atoms with E-state index in [1.54, 1.807) is 12.1 Å². The summed E-state index contributed by atoms with van der Waals surface area (Å²) in [5, 5.41) is 0. The molecule has 2 nitrogen and oxygen atoms in total. The van der Waals surface area contributed by atoms with Crippen molar-refractivity contribution >= 4 is 5.97 Å². The van der Waals surface area contributed by atoms with E-state index in [-0.39, 0.29) is 5.97 Å². The zero-order chi connectivity index (χ0) is 13.7. The van der Waals surface area contributed by atoms with Crippen LogP contribution < -0.4 is 0 Å². The molecule has 0 N–H and O–H groups in total. The molecular formula is C17H14O2. The van der Waals surface area contributed by atoms with Crippen LogP contribution in [0.1, 0.15) is 27.0 Å². The van der Waals surface area contributed by atoms with E-state index < -0.39 is 0 Å². The standard InChI is InChI=1S/C17H14O2/c1-13-7-3-4-8-14(13)11-12-15-9-5-6-10-16(15)17(18)19-2/h3-10H,1-2H3. The number of hydrogen-bond acceptors (Lipinski definition) is 2. The van der Waals surface area contributed by atoms with Gasteiger partial charge < -0.3 is 4.74 Å². The van der Waals surface area contributed by atoms with Gasteiger partial charge in [-0.3, -0.25) is 0 Å². The molecule has 0 heterocycles. The van der Waals surface area contributed by atoms with Crippen molar-refractivity contribution in [2.75, 3.05) is 7.11 Å². The molecule has 94 valence electrons. The molecule has 0 saturated carbocycles. The van der Waals surface area contributed by atoms with Crippen molar-refractivity contribution in [1.29, 1.82) is 0 Å². The average molecular weight is 250 g/mol. The molecule has 0 atom stereocenters. The maximum absolute atomic E-state index is 11.6. The molecule has 0 saturated heterocycles. The van der Waals surface area contributed by atoms with Gasteiger partial charge in [0.15, 0.2) is 0 Å². The second-order valence-corrected chi connectivity index (χ2v) is 4.10. The summed E-state index contributed by atoms with van der Waals surface area (Å²) in [6.45, 7) is 2.01. The lowest BCUT2D eigenvalue weighted by molar-refractivity contribution is 0.0600. The fourth-order valence-electron chi connectivity index (χ4n) is 1.73. The molecule has 0 aromatic heterocycles. The zero-order valence-electron chi connectivity index (χ0n) is 10.9. The number of rotatable bonds is 1. The fourth-order valence-corrected chi connectivity index (χ4v) is 1.73. The lowest BCUT2D eigenvalue weighted by atomic mass is 10.1. The molecule has 0 fully saturated rings. The largest absolute Gasteiger partial charge is 0.465 e. The summed E-state index contributed by atoms with van der Waals surface area (Å²) < 4.78 is 4.75. The SMILES string of the molecule is COC(=O)c1ccccc1C#Cc1ccccc1C. The van der Waals surface area contributed by atoms with E-state index in [1.807, 2.05) is 43.3 Å². The normalized spacial score (nSPS) is 9.37. The number of carbonyl (C=O) groups excluding carboxylic acids is 1. The second kappa shape index (κ2) is 5.88. The first-order chi connectivity index (χ1) is 9.22. The van der Waals surface area contributed by atoms with Crippen LogP contribution in [0.25, 0.3) is 0 Å². The zero-order valence-corrected chi connectivity index (χ0v) is 10.9. The third-order valence-corrected chi connectivity index (χ3v) is 2.81. The van der Waals surface area contributed by atoms with E-state index in [1.165, 1.54) is 7.11 Å². The van der Waals surface area contributed by atoms with Gasteiger partial charge in [0.05, 0.1) is 12.7 Å². The Morgan fingerprint density at radius 1 is 0.947 bits per heavy atom. The quantitative estimate of drug-likeness (QED) is 0.574. The topological polar surface area (TPSA) is 26.3 Å². The summed E-state index contributed by atoms with van der Waals surface area (Å²) >= 11 is 0.